The molecule has 2 atom stereocenters. The van der Waals surface area contributed by atoms with Crippen molar-refractivity contribution in [2.75, 3.05) is 19.8 Å². The van der Waals surface area contributed by atoms with Crippen LogP contribution in [0.2, 0.25) is 0 Å². The van der Waals surface area contributed by atoms with E-state index in [0.29, 0.717) is 24.0 Å². The van der Waals surface area contributed by atoms with E-state index in [1.165, 1.54) is 25.7 Å². The number of likely N-dealkylation sites (N-methyl/N-ethyl adjacent to an activating group) is 1. The van der Waals surface area contributed by atoms with Gasteiger partial charge in [-0.1, -0.05) is 25.9 Å². The largest absolute Gasteiger partial charge is 0.379 e. The van der Waals surface area contributed by atoms with Crippen LogP contribution in [0.3, 0.4) is 0 Å². The Morgan fingerprint density at radius 1 is 1.24 bits per heavy atom. The summed E-state index contributed by atoms with van der Waals surface area (Å²) >= 11 is 0. The maximum Gasteiger partial charge on any atom is 0.233 e. The second-order valence-corrected chi connectivity index (χ2v) is 7.24. The second-order valence-electron chi connectivity index (χ2n) is 7.24. The first-order valence-electron chi connectivity index (χ1n) is 8.23. The highest BCUT2D eigenvalue weighted by Gasteiger charge is 2.35. The van der Waals surface area contributed by atoms with Crippen molar-refractivity contribution in [2.24, 2.45) is 5.41 Å². The van der Waals surface area contributed by atoms with Gasteiger partial charge >= 0.3 is 0 Å². The Kier molecular flexibility index (Phi) is 4.31. The third-order valence-electron chi connectivity index (χ3n) is 5.03. The zero-order valence-corrected chi connectivity index (χ0v) is 13.4. The molecule has 0 aromatic carbocycles. The highest BCUT2D eigenvalue weighted by Crippen LogP contribution is 2.41. The van der Waals surface area contributed by atoms with Gasteiger partial charge in [0.25, 0.3) is 0 Å². The van der Waals surface area contributed by atoms with Gasteiger partial charge in [-0.2, -0.15) is 4.98 Å². The minimum absolute atomic E-state index is 0.200. The van der Waals surface area contributed by atoms with Gasteiger partial charge in [0, 0.05) is 12.0 Å². The average Bonchev–Trinajstić information content (AvgIpc) is 3.07. The molecule has 1 aliphatic heterocycles. The van der Waals surface area contributed by atoms with Crippen LogP contribution in [-0.2, 0) is 4.74 Å². The molecule has 1 aromatic heterocycles. The molecule has 1 N–H and O–H groups in total. The van der Waals surface area contributed by atoms with E-state index in [1.807, 2.05) is 0 Å². The normalized spacial score (nSPS) is 29.9. The third kappa shape index (κ3) is 3.29. The molecule has 1 aliphatic carbocycles. The number of hydrogen-bond acceptors (Lipinski definition) is 5. The molecule has 2 fully saturated rings. The highest BCUT2D eigenvalue weighted by atomic mass is 16.5. The van der Waals surface area contributed by atoms with Crippen LogP contribution in [-0.4, -0.2) is 35.9 Å². The first-order valence-corrected chi connectivity index (χ1v) is 8.23. The molecule has 0 amide bonds. The fraction of sp³-hybridized carbons (Fsp3) is 0.875. The van der Waals surface area contributed by atoms with Crippen molar-refractivity contribution in [2.45, 2.75) is 64.3 Å². The van der Waals surface area contributed by atoms with Crippen molar-refractivity contribution in [1.29, 1.82) is 0 Å². The minimum atomic E-state index is 0.200. The lowest BCUT2D eigenvalue weighted by Crippen LogP contribution is -2.34. The predicted molar refractivity (Wildman–Crippen MR) is 80.3 cm³/mol. The number of nitrogens with one attached hydrogen (secondary N) is 1. The summed E-state index contributed by atoms with van der Waals surface area (Å²) in [6.07, 6.45) is 4.83. The van der Waals surface area contributed by atoms with Gasteiger partial charge in [0.1, 0.15) is 0 Å². The number of aromatic nitrogens is 2. The number of hydrogen-bond donors (Lipinski definition) is 1. The van der Waals surface area contributed by atoms with Crippen molar-refractivity contribution in [3.63, 3.8) is 0 Å². The molecule has 5 nitrogen and oxygen atoms in total. The molecule has 1 aromatic rings. The molecule has 118 valence electrons. The summed E-state index contributed by atoms with van der Waals surface area (Å²) < 4.78 is 11.1. The fourth-order valence-electron chi connectivity index (χ4n) is 3.48. The van der Waals surface area contributed by atoms with Crippen LogP contribution in [0.4, 0.5) is 0 Å². The Labute approximate surface area is 126 Å². The SMILES string of the molecule is CCNC1COCC1c1nc(C2CCC(C)(C)CC2)no1. The zero-order valence-electron chi connectivity index (χ0n) is 13.4. The molecule has 3 rings (SSSR count). The van der Waals surface area contributed by atoms with Gasteiger partial charge in [0.05, 0.1) is 19.1 Å². The molecule has 5 heteroatoms. The standard InChI is InChI=1S/C16H27N3O2/c1-4-17-13-10-20-9-12(13)15-18-14(19-21-15)11-5-7-16(2,3)8-6-11/h11-13,17H,4-10H2,1-3H3. The van der Waals surface area contributed by atoms with Crippen LogP contribution in [0.5, 0.6) is 0 Å². The van der Waals surface area contributed by atoms with Gasteiger partial charge in [0.15, 0.2) is 5.82 Å². The maximum atomic E-state index is 5.57. The number of nitrogens with zero attached hydrogens (tertiary/aromatic N) is 2. The van der Waals surface area contributed by atoms with E-state index in [9.17, 15) is 0 Å². The summed E-state index contributed by atoms with van der Waals surface area (Å²) in [6.45, 7) is 9.15. The van der Waals surface area contributed by atoms with Crippen molar-refractivity contribution in [3.05, 3.63) is 11.7 Å². The first-order chi connectivity index (χ1) is 10.1. The van der Waals surface area contributed by atoms with E-state index in [0.717, 1.165) is 24.9 Å². The van der Waals surface area contributed by atoms with Gasteiger partial charge in [0.2, 0.25) is 5.89 Å². The quantitative estimate of drug-likeness (QED) is 0.925. The summed E-state index contributed by atoms with van der Waals surface area (Å²) in [7, 11) is 0. The van der Waals surface area contributed by atoms with Crippen LogP contribution in [0.15, 0.2) is 4.52 Å². The molecule has 0 radical (unpaired) electrons. The van der Waals surface area contributed by atoms with Gasteiger partial charge in [-0.25, -0.2) is 0 Å². The van der Waals surface area contributed by atoms with E-state index in [-0.39, 0.29) is 5.92 Å². The molecule has 1 saturated carbocycles. The Morgan fingerprint density at radius 3 is 2.71 bits per heavy atom. The Bertz CT molecular complexity index is 462. The van der Waals surface area contributed by atoms with Crippen molar-refractivity contribution in [1.82, 2.24) is 15.5 Å². The number of ether oxygens (including phenoxy) is 1. The monoisotopic (exact) mass is 293 g/mol. The molecule has 1 saturated heterocycles. The van der Waals surface area contributed by atoms with Crippen LogP contribution < -0.4 is 5.32 Å². The van der Waals surface area contributed by atoms with Crippen LogP contribution >= 0.6 is 0 Å². The van der Waals surface area contributed by atoms with E-state index < -0.39 is 0 Å². The van der Waals surface area contributed by atoms with Crippen LogP contribution in [0.25, 0.3) is 0 Å². The summed E-state index contributed by atoms with van der Waals surface area (Å²) in [4.78, 5) is 4.70. The fourth-order valence-corrected chi connectivity index (χ4v) is 3.48. The predicted octanol–water partition coefficient (Wildman–Crippen LogP) is 2.85. The number of rotatable bonds is 4. The molecule has 2 aliphatic rings. The lowest BCUT2D eigenvalue weighted by molar-refractivity contribution is 0.185. The molecule has 21 heavy (non-hydrogen) atoms. The summed E-state index contributed by atoms with van der Waals surface area (Å²) in [6, 6.07) is 0.300. The van der Waals surface area contributed by atoms with E-state index in [2.05, 4.69) is 31.2 Å². The van der Waals surface area contributed by atoms with E-state index >= 15 is 0 Å². The lowest BCUT2D eigenvalue weighted by Gasteiger charge is -2.32. The van der Waals surface area contributed by atoms with Gasteiger partial charge < -0.3 is 14.6 Å². The smallest absolute Gasteiger partial charge is 0.233 e. The van der Waals surface area contributed by atoms with Gasteiger partial charge in [-0.3, -0.25) is 0 Å². The molecule has 0 bridgehead atoms. The van der Waals surface area contributed by atoms with Crippen molar-refractivity contribution < 1.29 is 9.26 Å². The van der Waals surface area contributed by atoms with E-state index in [1.54, 1.807) is 0 Å². The topological polar surface area (TPSA) is 60.2 Å². The van der Waals surface area contributed by atoms with Gasteiger partial charge in [-0.15, -0.1) is 0 Å². The first kappa shape index (κ1) is 15.0. The highest BCUT2D eigenvalue weighted by molar-refractivity contribution is 5.05. The Hall–Kier alpha value is -0.940. The molecular formula is C16H27N3O2. The lowest BCUT2D eigenvalue weighted by atomic mass is 9.73. The van der Waals surface area contributed by atoms with E-state index in [4.69, 9.17) is 14.2 Å². The summed E-state index contributed by atoms with van der Waals surface area (Å²) in [5, 5.41) is 7.70. The Morgan fingerprint density at radius 2 is 2.00 bits per heavy atom. The summed E-state index contributed by atoms with van der Waals surface area (Å²) in [5.74, 6) is 2.32. The zero-order chi connectivity index (χ0) is 14.9. The molecule has 2 unspecified atom stereocenters. The minimum Gasteiger partial charge on any atom is -0.379 e. The van der Waals surface area contributed by atoms with Crippen molar-refractivity contribution in [3.8, 4) is 0 Å². The third-order valence-corrected chi connectivity index (χ3v) is 5.03. The summed E-state index contributed by atoms with van der Waals surface area (Å²) in [5.41, 5.74) is 0.471. The van der Waals surface area contributed by atoms with Crippen LogP contribution in [0, 0.1) is 5.41 Å². The molecule has 0 spiro atoms. The maximum absolute atomic E-state index is 5.57. The van der Waals surface area contributed by atoms with Crippen LogP contribution in [0.1, 0.15) is 70.0 Å². The second kappa shape index (κ2) is 6.05. The molecule has 2 heterocycles. The average molecular weight is 293 g/mol. The Balaban J connectivity index is 1.66. The van der Waals surface area contributed by atoms with Crippen molar-refractivity contribution >= 4 is 0 Å². The van der Waals surface area contributed by atoms with Gasteiger partial charge in [-0.05, 0) is 37.6 Å². The molecular weight excluding hydrogens is 266 g/mol.